The summed E-state index contributed by atoms with van der Waals surface area (Å²) in [4.78, 5) is 16.3. The van der Waals surface area contributed by atoms with Gasteiger partial charge in [-0.3, -0.25) is 4.79 Å². The summed E-state index contributed by atoms with van der Waals surface area (Å²) in [5.41, 5.74) is 1.78. The standard InChI is InChI=1S/C18H15FN2OS/c19-14-8-5-13(6-9-14)7-10-17(22)20-12-11-18-21-15-3-1-2-4-16(15)23-18/h1-10H,11-12H2,(H,20,22)/b10-7+. The van der Waals surface area contributed by atoms with Gasteiger partial charge in [-0.05, 0) is 35.9 Å². The zero-order valence-corrected chi connectivity index (χ0v) is 13.1. The molecule has 0 fully saturated rings. The van der Waals surface area contributed by atoms with Gasteiger partial charge in [0.15, 0.2) is 0 Å². The van der Waals surface area contributed by atoms with Crippen molar-refractivity contribution in [2.45, 2.75) is 6.42 Å². The van der Waals surface area contributed by atoms with Gasteiger partial charge in [-0.1, -0.05) is 24.3 Å². The molecule has 0 aliphatic carbocycles. The molecule has 1 aromatic heterocycles. The third-order valence-electron chi connectivity index (χ3n) is 3.27. The van der Waals surface area contributed by atoms with Crippen molar-refractivity contribution >= 4 is 33.5 Å². The van der Waals surface area contributed by atoms with Crippen LogP contribution in [0.15, 0.2) is 54.6 Å². The van der Waals surface area contributed by atoms with Crippen LogP contribution in [0.25, 0.3) is 16.3 Å². The van der Waals surface area contributed by atoms with Crippen LogP contribution in [0.5, 0.6) is 0 Å². The highest BCUT2D eigenvalue weighted by Gasteiger charge is 2.03. The largest absolute Gasteiger partial charge is 0.352 e. The minimum Gasteiger partial charge on any atom is -0.352 e. The van der Waals surface area contributed by atoms with Crippen LogP contribution in [-0.4, -0.2) is 17.4 Å². The zero-order valence-electron chi connectivity index (χ0n) is 12.3. The third kappa shape index (κ3) is 4.23. The number of benzene rings is 2. The maximum absolute atomic E-state index is 12.8. The van der Waals surface area contributed by atoms with E-state index in [0.29, 0.717) is 13.0 Å². The average Bonchev–Trinajstić information content (AvgIpc) is 2.97. The molecule has 0 unspecified atom stereocenters. The van der Waals surface area contributed by atoms with Gasteiger partial charge in [0.05, 0.1) is 15.2 Å². The maximum atomic E-state index is 12.8. The normalized spacial score (nSPS) is 11.2. The minimum atomic E-state index is -0.289. The van der Waals surface area contributed by atoms with Gasteiger partial charge in [-0.25, -0.2) is 9.37 Å². The number of aromatic nitrogens is 1. The van der Waals surface area contributed by atoms with Gasteiger partial charge in [-0.2, -0.15) is 0 Å². The van der Waals surface area contributed by atoms with Crippen LogP contribution in [0, 0.1) is 5.82 Å². The summed E-state index contributed by atoms with van der Waals surface area (Å²) in [5, 5.41) is 3.83. The summed E-state index contributed by atoms with van der Waals surface area (Å²) in [6.07, 6.45) is 3.81. The Bertz CT molecular complexity index is 807. The topological polar surface area (TPSA) is 42.0 Å². The molecule has 1 amide bonds. The number of hydrogen-bond donors (Lipinski definition) is 1. The fraction of sp³-hybridized carbons (Fsp3) is 0.111. The Labute approximate surface area is 137 Å². The molecule has 3 nitrogen and oxygen atoms in total. The molecule has 0 radical (unpaired) electrons. The number of fused-ring (bicyclic) bond motifs is 1. The van der Waals surface area contributed by atoms with Gasteiger partial charge in [0.1, 0.15) is 5.82 Å². The number of carbonyl (C=O) groups excluding carboxylic acids is 1. The molecular formula is C18H15FN2OS. The molecule has 1 N–H and O–H groups in total. The van der Waals surface area contributed by atoms with Crippen LogP contribution < -0.4 is 5.32 Å². The van der Waals surface area contributed by atoms with Crippen molar-refractivity contribution in [2.24, 2.45) is 0 Å². The summed E-state index contributed by atoms with van der Waals surface area (Å²) >= 11 is 1.64. The van der Waals surface area contributed by atoms with Gasteiger partial charge in [0.25, 0.3) is 0 Å². The molecule has 0 saturated heterocycles. The second kappa shape index (κ2) is 7.15. The first-order chi connectivity index (χ1) is 11.2. The highest BCUT2D eigenvalue weighted by atomic mass is 32.1. The van der Waals surface area contributed by atoms with Crippen LogP contribution >= 0.6 is 11.3 Å². The number of rotatable bonds is 5. The molecule has 3 rings (SSSR count). The lowest BCUT2D eigenvalue weighted by Gasteiger charge is -1.99. The number of thiazole rings is 1. The number of hydrogen-bond acceptors (Lipinski definition) is 3. The highest BCUT2D eigenvalue weighted by molar-refractivity contribution is 7.18. The lowest BCUT2D eigenvalue weighted by Crippen LogP contribution is -2.23. The van der Waals surface area contributed by atoms with E-state index in [9.17, 15) is 9.18 Å². The Morgan fingerprint density at radius 3 is 2.74 bits per heavy atom. The average molecular weight is 326 g/mol. The number of halogens is 1. The molecule has 0 aliphatic rings. The highest BCUT2D eigenvalue weighted by Crippen LogP contribution is 2.21. The van der Waals surface area contributed by atoms with Crippen molar-refractivity contribution in [3.8, 4) is 0 Å². The number of para-hydroxylation sites is 1. The predicted molar refractivity (Wildman–Crippen MR) is 91.8 cm³/mol. The summed E-state index contributed by atoms with van der Waals surface area (Å²) in [7, 11) is 0. The molecule has 3 aromatic rings. The first-order valence-corrected chi connectivity index (χ1v) is 8.08. The van der Waals surface area contributed by atoms with Crippen LogP contribution in [0.2, 0.25) is 0 Å². The van der Waals surface area contributed by atoms with E-state index < -0.39 is 0 Å². The zero-order chi connectivity index (χ0) is 16.1. The van der Waals surface area contributed by atoms with E-state index in [1.807, 2.05) is 24.3 Å². The smallest absolute Gasteiger partial charge is 0.244 e. The van der Waals surface area contributed by atoms with Crippen LogP contribution in [0.4, 0.5) is 4.39 Å². The van der Waals surface area contributed by atoms with Gasteiger partial charge in [0.2, 0.25) is 5.91 Å². The van der Waals surface area contributed by atoms with E-state index in [1.54, 1.807) is 29.5 Å². The van der Waals surface area contributed by atoms with E-state index in [1.165, 1.54) is 18.2 Å². The predicted octanol–water partition coefficient (Wildman–Crippen LogP) is 3.81. The molecule has 1 heterocycles. The maximum Gasteiger partial charge on any atom is 0.244 e. The summed E-state index contributed by atoms with van der Waals surface area (Å²) in [6, 6.07) is 14.0. The van der Waals surface area contributed by atoms with E-state index >= 15 is 0 Å². The fourth-order valence-corrected chi connectivity index (χ4v) is 3.09. The lowest BCUT2D eigenvalue weighted by atomic mass is 10.2. The second-order valence-electron chi connectivity index (χ2n) is 5.00. The molecule has 5 heteroatoms. The van der Waals surface area contributed by atoms with Gasteiger partial charge in [0, 0.05) is 19.0 Å². The molecule has 0 bridgehead atoms. The Balaban J connectivity index is 1.49. The summed E-state index contributed by atoms with van der Waals surface area (Å²) < 4.78 is 13.9. The Kier molecular flexibility index (Phi) is 4.78. The van der Waals surface area contributed by atoms with E-state index in [-0.39, 0.29) is 11.7 Å². The first-order valence-electron chi connectivity index (χ1n) is 7.27. The van der Waals surface area contributed by atoms with Crippen LogP contribution in [0.1, 0.15) is 10.6 Å². The first kappa shape index (κ1) is 15.4. The Morgan fingerprint density at radius 1 is 1.17 bits per heavy atom. The third-order valence-corrected chi connectivity index (χ3v) is 4.37. The van der Waals surface area contributed by atoms with Crippen molar-refractivity contribution in [3.05, 3.63) is 71.0 Å². The lowest BCUT2D eigenvalue weighted by molar-refractivity contribution is -0.116. The molecule has 0 spiro atoms. The van der Waals surface area contributed by atoms with E-state index in [2.05, 4.69) is 10.3 Å². The van der Waals surface area contributed by atoms with E-state index in [4.69, 9.17) is 0 Å². The molecule has 23 heavy (non-hydrogen) atoms. The molecule has 0 saturated carbocycles. The molecule has 0 atom stereocenters. The van der Waals surface area contributed by atoms with Crippen LogP contribution in [-0.2, 0) is 11.2 Å². The summed E-state index contributed by atoms with van der Waals surface area (Å²) in [5.74, 6) is -0.460. The fourth-order valence-electron chi connectivity index (χ4n) is 2.12. The van der Waals surface area contributed by atoms with Crippen molar-refractivity contribution < 1.29 is 9.18 Å². The molecule has 116 valence electrons. The van der Waals surface area contributed by atoms with Crippen molar-refractivity contribution in [3.63, 3.8) is 0 Å². The van der Waals surface area contributed by atoms with Crippen molar-refractivity contribution in [1.29, 1.82) is 0 Å². The molecule has 2 aromatic carbocycles. The van der Waals surface area contributed by atoms with Crippen molar-refractivity contribution in [2.75, 3.05) is 6.54 Å². The second-order valence-corrected chi connectivity index (χ2v) is 6.12. The molecule has 0 aliphatic heterocycles. The SMILES string of the molecule is O=C(/C=C/c1ccc(F)cc1)NCCc1nc2ccccc2s1. The monoisotopic (exact) mass is 326 g/mol. The van der Waals surface area contributed by atoms with Gasteiger partial charge >= 0.3 is 0 Å². The van der Waals surface area contributed by atoms with Crippen LogP contribution in [0.3, 0.4) is 0 Å². The molecular weight excluding hydrogens is 311 g/mol. The number of carbonyl (C=O) groups is 1. The van der Waals surface area contributed by atoms with Gasteiger partial charge in [-0.15, -0.1) is 11.3 Å². The Morgan fingerprint density at radius 2 is 1.96 bits per heavy atom. The Hall–Kier alpha value is -2.53. The minimum absolute atomic E-state index is 0.171. The number of amides is 1. The number of nitrogens with one attached hydrogen (secondary N) is 1. The summed E-state index contributed by atoms with van der Waals surface area (Å²) in [6.45, 7) is 0.534. The van der Waals surface area contributed by atoms with Gasteiger partial charge < -0.3 is 5.32 Å². The van der Waals surface area contributed by atoms with Crippen molar-refractivity contribution in [1.82, 2.24) is 10.3 Å². The number of nitrogens with zero attached hydrogens (tertiary/aromatic N) is 1. The van der Waals surface area contributed by atoms with E-state index in [0.717, 1.165) is 20.8 Å². The quantitative estimate of drug-likeness (QED) is 0.725.